The van der Waals surface area contributed by atoms with E-state index in [1.54, 1.807) is 0 Å². The molecule has 1 unspecified atom stereocenters. The maximum Gasteiger partial charge on any atom is 0.0889 e. The Kier molecular flexibility index (Phi) is 10.7. The molecule has 0 radical (unpaired) electrons. The van der Waals surface area contributed by atoms with Crippen molar-refractivity contribution in [1.29, 1.82) is 0 Å². The normalized spacial score (nSPS) is 21.8. The molecule has 0 amide bonds. The fourth-order valence-electron chi connectivity index (χ4n) is 0.422. The monoisotopic (exact) mass is 200 g/mol. The van der Waals surface area contributed by atoms with Crippen LogP contribution in [0.25, 0.3) is 0 Å². The topological polar surface area (TPSA) is 12.5 Å². The Balaban J connectivity index is 0. The molecule has 86 valence electrons. The van der Waals surface area contributed by atoms with E-state index < -0.39 is 0 Å². The van der Waals surface area contributed by atoms with Gasteiger partial charge in [0.05, 0.1) is 11.7 Å². The minimum absolute atomic E-state index is 0.208. The van der Waals surface area contributed by atoms with Crippen LogP contribution < -0.4 is 0 Å². The third-order valence-corrected chi connectivity index (χ3v) is 2.24. The third kappa shape index (κ3) is 11.7. The van der Waals surface area contributed by atoms with Gasteiger partial charge >= 0.3 is 0 Å². The van der Waals surface area contributed by atoms with Crippen LogP contribution in [0.2, 0.25) is 0 Å². The van der Waals surface area contributed by atoms with Crippen LogP contribution >= 0.6 is 0 Å². The van der Waals surface area contributed by atoms with Crippen molar-refractivity contribution in [2.75, 3.05) is 0 Å². The van der Waals surface area contributed by atoms with Crippen molar-refractivity contribution in [3.8, 4) is 0 Å². The lowest BCUT2D eigenvalue weighted by Gasteiger charge is -1.84. The first-order valence-corrected chi connectivity index (χ1v) is 5.71. The highest BCUT2D eigenvalue weighted by atomic mass is 16.6. The smallest absolute Gasteiger partial charge is 0.0889 e. The predicted molar refractivity (Wildman–Crippen MR) is 65.7 cm³/mol. The van der Waals surface area contributed by atoms with Crippen LogP contribution in [-0.2, 0) is 4.74 Å². The van der Waals surface area contributed by atoms with E-state index in [0.29, 0.717) is 6.10 Å². The first kappa shape index (κ1) is 16.1. The van der Waals surface area contributed by atoms with Crippen LogP contribution in [0.5, 0.6) is 0 Å². The highest BCUT2D eigenvalue weighted by Gasteiger charge is 2.43. The van der Waals surface area contributed by atoms with Gasteiger partial charge in [0.15, 0.2) is 0 Å². The van der Waals surface area contributed by atoms with Crippen LogP contribution in [0, 0.1) is 0 Å². The molecule has 1 heterocycles. The largest absolute Gasteiger partial charge is 0.367 e. The molecule has 1 fully saturated rings. The van der Waals surface area contributed by atoms with Gasteiger partial charge in [-0.25, -0.2) is 0 Å². The number of allylic oxidation sites excluding steroid dienone is 2. The van der Waals surface area contributed by atoms with Gasteiger partial charge < -0.3 is 4.74 Å². The first-order valence-electron chi connectivity index (χ1n) is 5.71. The van der Waals surface area contributed by atoms with Crippen molar-refractivity contribution in [2.24, 2.45) is 0 Å². The molecule has 0 aromatic heterocycles. The second-order valence-electron chi connectivity index (χ2n) is 4.03. The summed E-state index contributed by atoms with van der Waals surface area (Å²) < 4.78 is 5.10. The molecule has 1 nitrogen and oxygen atoms in total. The molecule has 0 saturated carbocycles. The van der Waals surface area contributed by atoms with Gasteiger partial charge in [-0.1, -0.05) is 38.8 Å². The minimum Gasteiger partial charge on any atom is -0.367 e. The fourth-order valence-corrected chi connectivity index (χ4v) is 0.422. The number of rotatable bonds is 1. The van der Waals surface area contributed by atoms with Crippen molar-refractivity contribution < 1.29 is 4.74 Å². The molecule has 1 aliphatic heterocycles. The van der Waals surface area contributed by atoms with E-state index in [1.807, 2.05) is 26.0 Å². The quantitative estimate of drug-likeness (QED) is 0.446. The average Bonchev–Trinajstić information content (AvgIpc) is 2.72. The Bertz CT molecular complexity index is 130. The molecular weight excluding hydrogens is 172 g/mol. The van der Waals surface area contributed by atoms with Crippen molar-refractivity contribution in [3.05, 3.63) is 12.2 Å². The zero-order valence-electron chi connectivity index (χ0n) is 11.1. The van der Waals surface area contributed by atoms with Crippen molar-refractivity contribution in [1.82, 2.24) is 0 Å². The van der Waals surface area contributed by atoms with Gasteiger partial charge in [-0.05, 0) is 34.6 Å². The lowest BCUT2D eigenvalue weighted by molar-refractivity contribution is 0.328. The molecule has 14 heavy (non-hydrogen) atoms. The Morgan fingerprint density at radius 2 is 1.29 bits per heavy atom. The summed E-state index contributed by atoms with van der Waals surface area (Å²) >= 11 is 0. The van der Waals surface area contributed by atoms with Crippen molar-refractivity contribution in [2.45, 2.75) is 73.0 Å². The molecule has 1 heteroatoms. The van der Waals surface area contributed by atoms with Crippen molar-refractivity contribution >= 4 is 0 Å². The zero-order chi connectivity index (χ0) is 11.6. The van der Waals surface area contributed by atoms with E-state index in [4.69, 9.17) is 4.74 Å². The number of epoxide rings is 1. The van der Waals surface area contributed by atoms with Gasteiger partial charge in [-0.3, -0.25) is 0 Å². The molecule has 1 atom stereocenters. The molecule has 0 spiro atoms. The number of hydrogen-bond acceptors (Lipinski definition) is 1. The predicted octanol–water partition coefficient (Wildman–Crippen LogP) is 4.57. The van der Waals surface area contributed by atoms with Crippen molar-refractivity contribution in [3.63, 3.8) is 0 Å². The SMILES string of the molecule is C/C=C\C.CC1OC1(C)C.CCCC. The lowest BCUT2D eigenvalue weighted by atomic mass is 10.2. The van der Waals surface area contributed by atoms with Crippen LogP contribution in [-0.4, -0.2) is 11.7 Å². The maximum absolute atomic E-state index is 5.10. The minimum atomic E-state index is 0.208. The Morgan fingerprint density at radius 1 is 1.07 bits per heavy atom. The average molecular weight is 200 g/mol. The number of hydrogen-bond donors (Lipinski definition) is 0. The van der Waals surface area contributed by atoms with Gasteiger partial charge in [0.25, 0.3) is 0 Å². The van der Waals surface area contributed by atoms with Gasteiger partial charge in [-0.2, -0.15) is 0 Å². The van der Waals surface area contributed by atoms with Crippen LogP contribution in [0.4, 0.5) is 0 Å². The van der Waals surface area contributed by atoms with E-state index in [1.165, 1.54) is 12.8 Å². The molecule has 0 aliphatic carbocycles. The van der Waals surface area contributed by atoms with Gasteiger partial charge in [0.2, 0.25) is 0 Å². The highest BCUT2D eigenvalue weighted by molar-refractivity contribution is 4.90. The maximum atomic E-state index is 5.10. The molecule has 1 rings (SSSR count). The molecule has 0 N–H and O–H groups in total. The molecular formula is C13H28O. The zero-order valence-corrected chi connectivity index (χ0v) is 11.1. The standard InChI is InChI=1S/C5H10O.C4H10.C4H8/c1-4-5(2,3)6-4;2*1-3-4-2/h4H,1-3H3;3-4H2,1-2H3;3-4H,1-2H3/b;;4-3-. The van der Waals surface area contributed by atoms with E-state index >= 15 is 0 Å². The summed E-state index contributed by atoms with van der Waals surface area (Å²) in [7, 11) is 0. The number of unbranched alkanes of at least 4 members (excludes halogenated alkanes) is 1. The van der Waals surface area contributed by atoms with E-state index in [9.17, 15) is 0 Å². The molecule has 0 bridgehead atoms. The Hall–Kier alpha value is -0.300. The Labute approximate surface area is 90.5 Å². The van der Waals surface area contributed by atoms with Gasteiger partial charge in [-0.15, -0.1) is 0 Å². The summed E-state index contributed by atoms with van der Waals surface area (Å²) in [6.45, 7) is 14.6. The number of ether oxygens (including phenoxy) is 1. The molecule has 1 aliphatic rings. The van der Waals surface area contributed by atoms with E-state index in [0.717, 1.165) is 0 Å². The second kappa shape index (κ2) is 9.26. The second-order valence-corrected chi connectivity index (χ2v) is 4.03. The van der Waals surface area contributed by atoms with Crippen LogP contribution in [0.1, 0.15) is 61.3 Å². The van der Waals surface area contributed by atoms with E-state index in [-0.39, 0.29) is 5.60 Å². The van der Waals surface area contributed by atoms with Gasteiger partial charge in [0, 0.05) is 0 Å². The fraction of sp³-hybridized carbons (Fsp3) is 0.846. The Morgan fingerprint density at radius 3 is 1.29 bits per heavy atom. The molecule has 0 aromatic rings. The lowest BCUT2D eigenvalue weighted by Crippen LogP contribution is -1.97. The summed E-state index contributed by atoms with van der Waals surface area (Å²) in [6, 6.07) is 0. The van der Waals surface area contributed by atoms with E-state index in [2.05, 4.69) is 34.6 Å². The highest BCUT2D eigenvalue weighted by Crippen LogP contribution is 2.33. The van der Waals surface area contributed by atoms with Crippen LogP contribution in [0.3, 0.4) is 0 Å². The summed E-state index contributed by atoms with van der Waals surface area (Å²) in [6.07, 6.45) is 7.14. The first-order chi connectivity index (χ1) is 6.46. The van der Waals surface area contributed by atoms with Gasteiger partial charge in [0.1, 0.15) is 0 Å². The summed E-state index contributed by atoms with van der Waals surface area (Å²) in [5.74, 6) is 0. The molecule has 1 saturated heterocycles. The van der Waals surface area contributed by atoms with Crippen LogP contribution in [0.15, 0.2) is 12.2 Å². The summed E-state index contributed by atoms with van der Waals surface area (Å²) in [5.41, 5.74) is 0.208. The summed E-state index contributed by atoms with van der Waals surface area (Å²) in [5, 5.41) is 0. The molecule has 0 aromatic carbocycles. The third-order valence-electron chi connectivity index (χ3n) is 2.24. The summed E-state index contributed by atoms with van der Waals surface area (Å²) in [4.78, 5) is 0.